The zero-order chi connectivity index (χ0) is 13.7. The number of hydrogen-bond acceptors (Lipinski definition) is 3. The van der Waals surface area contributed by atoms with Crippen molar-refractivity contribution in [2.45, 2.75) is 0 Å². The molecule has 0 spiro atoms. The summed E-state index contributed by atoms with van der Waals surface area (Å²) in [6.45, 7) is 0.0516. The molecule has 0 heterocycles. The molecule has 0 aliphatic heterocycles. The fraction of sp³-hybridized carbons (Fsp3) is 0.364. The van der Waals surface area contributed by atoms with Crippen LogP contribution in [0.5, 0.6) is 0 Å². The molecule has 0 radical (unpaired) electrons. The maximum Gasteiger partial charge on any atom is 0.238 e. The van der Waals surface area contributed by atoms with Gasteiger partial charge in [0.25, 0.3) is 0 Å². The minimum Gasteiger partial charge on any atom is -0.395 e. The highest BCUT2D eigenvalue weighted by Crippen LogP contribution is 2.19. The maximum atomic E-state index is 13.2. The Hall–Kier alpha value is -1.60. The number of rotatable bonds is 5. The van der Waals surface area contributed by atoms with Crippen molar-refractivity contribution in [1.82, 2.24) is 4.90 Å². The van der Waals surface area contributed by atoms with E-state index in [9.17, 15) is 18.0 Å². The highest BCUT2D eigenvalue weighted by atomic mass is 19.2. The van der Waals surface area contributed by atoms with Gasteiger partial charge in [-0.25, -0.2) is 13.2 Å². The van der Waals surface area contributed by atoms with Gasteiger partial charge in [0.15, 0.2) is 17.5 Å². The van der Waals surface area contributed by atoms with Crippen LogP contribution in [0.3, 0.4) is 0 Å². The molecule has 1 rings (SSSR count). The molecule has 0 saturated carbocycles. The average Bonchev–Trinajstić information content (AvgIpc) is 2.30. The van der Waals surface area contributed by atoms with Gasteiger partial charge >= 0.3 is 0 Å². The van der Waals surface area contributed by atoms with Crippen molar-refractivity contribution in [3.63, 3.8) is 0 Å². The lowest BCUT2D eigenvalue weighted by Crippen LogP contribution is -2.32. The molecule has 0 aromatic heterocycles. The number of amides is 1. The first-order chi connectivity index (χ1) is 8.45. The number of nitrogens with zero attached hydrogens (tertiary/aromatic N) is 1. The van der Waals surface area contributed by atoms with Crippen LogP contribution < -0.4 is 5.32 Å². The molecule has 18 heavy (non-hydrogen) atoms. The van der Waals surface area contributed by atoms with Gasteiger partial charge in [0.2, 0.25) is 5.91 Å². The molecule has 0 bridgehead atoms. The monoisotopic (exact) mass is 262 g/mol. The van der Waals surface area contributed by atoms with Crippen LogP contribution in [-0.2, 0) is 4.79 Å². The second-order valence-corrected chi connectivity index (χ2v) is 3.73. The smallest absolute Gasteiger partial charge is 0.238 e. The summed E-state index contributed by atoms with van der Waals surface area (Å²) < 4.78 is 38.7. The lowest BCUT2D eigenvalue weighted by Gasteiger charge is -2.14. The number of aliphatic hydroxyl groups is 1. The number of nitrogens with one attached hydrogen (secondary N) is 1. The van der Waals surface area contributed by atoms with Gasteiger partial charge in [0, 0.05) is 6.54 Å². The van der Waals surface area contributed by atoms with Gasteiger partial charge in [-0.15, -0.1) is 0 Å². The number of hydrogen-bond donors (Lipinski definition) is 2. The van der Waals surface area contributed by atoms with Gasteiger partial charge in [0.05, 0.1) is 18.8 Å². The molecule has 0 unspecified atom stereocenters. The highest BCUT2D eigenvalue weighted by molar-refractivity contribution is 5.92. The van der Waals surface area contributed by atoms with Crippen molar-refractivity contribution in [2.24, 2.45) is 0 Å². The van der Waals surface area contributed by atoms with Crippen molar-refractivity contribution in [3.05, 3.63) is 29.6 Å². The van der Waals surface area contributed by atoms with Gasteiger partial charge in [-0.1, -0.05) is 0 Å². The van der Waals surface area contributed by atoms with E-state index in [2.05, 4.69) is 5.32 Å². The number of aliphatic hydroxyl groups excluding tert-OH is 1. The van der Waals surface area contributed by atoms with E-state index in [0.717, 1.165) is 12.1 Å². The predicted molar refractivity (Wildman–Crippen MR) is 59.5 cm³/mol. The minimum atomic E-state index is -1.63. The fourth-order valence-electron chi connectivity index (χ4n) is 1.31. The first-order valence-electron chi connectivity index (χ1n) is 5.18. The van der Waals surface area contributed by atoms with Gasteiger partial charge < -0.3 is 10.4 Å². The topological polar surface area (TPSA) is 52.6 Å². The Labute approximate surface area is 102 Å². The van der Waals surface area contributed by atoms with Crippen molar-refractivity contribution >= 4 is 11.6 Å². The van der Waals surface area contributed by atoms with Gasteiger partial charge in [0.1, 0.15) is 0 Å². The standard InChI is InChI=1S/C11H13F3N2O2/c1-16(4-5-17)6-9(18)15-8-3-2-7(12)10(13)11(8)14/h2-3,17H,4-6H2,1H3,(H,15,18). The molecule has 0 aliphatic rings. The van der Waals surface area contributed by atoms with E-state index in [-0.39, 0.29) is 19.7 Å². The second kappa shape index (κ2) is 6.36. The third-order valence-electron chi connectivity index (χ3n) is 2.20. The van der Waals surface area contributed by atoms with Crippen LogP contribution in [0.2, 0.25) is 0 Å². The summed E-state index contributed by atoms with van der Waals surface area (Å²) in [6.07, 6.45) is 0. The largest absolute Gasteiger partial charge is 0.395 e. The lowest BCUT2D eigenvalue weighted by molar-refractivity contribution is -0.117. The third kappa shape index (κ3) is 3.71. The van der Waals surface area contributed by atoms with E-state index in [1.54, 1.807) is 7.05 Å². The van der Waals surface area contributed by atoms with Crippen molar-refractivity contribution in [1.29, 1.82) is 0 Å². The molecule has 7 heteroatoms. The molecule has 100 valence electrons. The Morgan fingerprint density at radius 1 is 1.33 bits per heavy atom. The lowest BCUT2D eigenvalue weighted by atomic mass is 10.2. The van der Waals surface area contributed by atoms with Crippen LogP contribution in [0.25, 0.3) is 0 Å². The predicted octanol–water partition coefficient (Wildman–Crippen LogP) is 0.966. The third-order valence-corrected chi connectivity index (χ3v) is 2.20. The molecule has 0 saturated heterocycles. The number of likely N-dealkylation sites (N-methyl/N-ethyl adjacent to an activating group) is 1. The van der Waals surface area contributed by atoms with E-state index in [1.807, 2.05) is 0 Å². The molecular weight excluding hydrogens is 249 g/mol. The summed E-state index contributed by atoms with van der Waals surface area (Å²) in [5, 5.41) is 10.7. The second-order valence-electron chi connectivity index (χ2n) is 3.73. The van der Waals surface area contributed by atoms with Crippen LogP contribution in [-0.4, -0.2) is 42.7 Å². The molecule has 1 amide bonds. The summed E-state index contributed by atoms with van der Waals surface area (Å²) >= 11 is 0. The SMILES string of the molecule is CN(CCO)CC(=O)Nc1ccc(F)c(F)c1F. The van der Waals surface area contributed by atoms with Gasteiger partial charge in [-0.05, 0) is 19.2 Å². The van der Waals surface area contributed by atoms with Gasteiger partial charge in [-0.3, -0.25) is 9.69 Å². The summed E-state index contributed by atoms with van der Waals surface area (Å²) in [6, 6.07) is 1.67. The van der Waals surface area contributed by atoms with Crippen molar-refractivity contribution in [3.8, 4) is 0 Å². The number of carbonyl (C=O) groups is 1. The highest BCUT2D eigenvalue weighted by Gasteiger charge is 2.15. The first kappa shape index (κ1) is 14.5. The number of carbonyl (C=O) groups excluding carboxylic acids is 1. The minimum absolute atomic E-state index is 0.0982. The van der Waals surface area contributed by atoms with E-state index in [1.165, 1.54) is 4.90 Å². The molecule has 4 nitrogen and oxygen atoms in total. The normalized spacial score (nSPS) is 10.8. The van der Waals surface area contributed by atoms with E-state index < -0.39 is 29.0 Å². The number of anilines is 1. The van der Waals surface area contributed by atoms with Crippen LogP contribution in [0, 0.1) is 17.5 Å². The number of benzene rings is 1. The van der Waals surface area contributed by atoms with Crippen molar-refractivity contribution in [2.75, 3.05) is 32.1 Å². The summed E-state index contributed by atoms with van der Waals surface area (Å²) in [4.78, 5) is 12.9. The van der Waals surface area contributed by atoms with Crippen LogP contribution in [0.4, 0.5) is 18.9 Å². The summed E-state index contributed by atoms with van der Waals surface area (Å²) in [5.41, 5.74) is -0.420. The van der Waals surface area contributed by atoms with Crippen LogP contribution in [0.1, 0.15) is 0 Å². The molecule has 2 N–H and O–H groups in total. The Balaban J connectivity index is 2.68. The Morgan fingerprint density at radius 2 is 2.00 bits per heavy atom. The Bertz CT molecular complexity index is 441. The molecule has 0 aliphatic carbocycles. The molecule has 1 aromatic carbocycles. The molecule has 1 aromatic rings. The summed E-state index contributed by atoms with van der Waals surface area (Å²) in [5.74, 6) is -4.97. The van der Waals surface area contributed by atoms with E-state index in [0.29, 0.717) is 0 Å². The molecular formula is C11H13F3N2O2. The van der Waals surface area contributed by atoms with E-state index in [4.69, 9.17) is 5.11 Å². The zero-order valence-electron chi connectivity index (χ0n) is 9.71. The Kier molecular flexibility index (Phi) is 5.11. The quantitative estimate of drug-likeness (QED) is 0.777. The van der Waals surface area contributed by atoms with Gasteiger partial charge in [-0.2, -0.15) is 0 Å². The van der Waals surface area contributed by atoms with Crippen molar-refractivity contribution < 1.29 is 23.1 Å². The fourth-order valence-corrected chi connectivity index (χ4v) is 1.31. The zero-order valence-corrected chi connectivity index (χ0v) is 9.71. The first-order valence-corrected chi connectivity index (χ1v) is 5.18. The number of halogens is 3. The van der Waals surface area contributed by atoms with Crippen LogP contribution >= 0.6 is 0 Å². The summed E-state index contributed by atoms with van der Waals surface area (Å²) in [7, 11) is 1.58. The Morgan fingerprint density at radius 3 is 2.61 bits per heavy atom. The van der Waals surface area contributed by atoms with E-state index >= 15 is 0 Å². The molecule has 0 fully saturated rings. The maximum absolute atomic E-state index is 13.2. The average molecular weight is 262 g/mol. The van der Waals surface area contributed by atoms with Crippen LogP contribution in [0.15, 0.2) is 12.1 Å². The molecule has 0 atom stereocenters.